The summed E-state index contributed by atoms with van der Waals surface area (Å²) in [6, 6.07) is 2.59. The molecule has 1 atom stereocenters. The van der Waals surface area contributed by atoms with E-state index in [0.717, 1.165) is 12.8 Å². The van der Waals surface area contributed by atoms with Crippen LogP contribution in [0.2, 0.25) is 0 Å². The normalized spacial score (nSPS) is 17.6. The molecule has 0 aromatic carbocycles. The predicted octanol–water partition coefficient (Wildman–Crippen LogP) is 1.95. The molecule has 2 rings (SSSR count). The van der Waals surface area contributed by atoms with Crippen LogP contribution in [0.5, 0.6) is 0 Å². The number of aldehydes is 1. The second-order valence-electron chi connectivity index (χ2n) is 4.68. The van der Waals surface area contributed by atoms with Gasteiger partial charge < -0.3 is 4.42 Å². The van der Waals surface area contributed by atoms with Crippen LogP contribution >= 0.6 is 0 Å². The molecule has 1 fully saturated rings. The maximum Gasteiger partial charge on any atom is 0.274 e. The van der Waals surface area contributed by atoms with E-state index < -0.39 is 10.0 Å². The van der Waals surface area contributed by atoms with Gasteiger partial charge in [-0.2, -0.15) is 0 Å². The van der Waals surface area contributed by atoms with E-state index >= 15 is 0 Å². The van der Waals surface area contributed by atoms with E-state index in [2.05, 4.69) is 4.72 Å². The van der Waals surface area contributed by atoms with Crippen molar-refractivity contribution in [1.29, 1.82) is 0 Å². The Morgan fingerprint density at radius 2 is 2.22 bits per heavy atom. The standard InChI is InChI=1S/C12H17NO4S/c1-2-10(7-9-3-4-9)13-18(15,16)12-6-5-11(8-14)17-12/h5-6,8-10,13H,2-4,7H2,1H3. The highest BCUT2D eigenvalue weighted by molar-refractivity contribution is 7.89. The molecule has 1 heterocycles. The fourth-order valence-electron chi connectivity index (χ4n) is 1.87. The van der Waals surface area contributed by atoms with Gasteiger partial charge in [0.05, 0.1) is 0 Å². The van der Waals surface area contributed by atoms with Crippen LogP contribution < -0.4 is 4.72 Å². The SMILES string of the molecule is CCC(CC1CC1)NS(=O)(=O)c1ccc(C=O)o1. The Labute approximate surface area is 107 Å². The van der Waals surface area contributed by atoms with Crippen molar-refractivity contribution in [2.75, 3.05) is 0 Å². The minimum atomic E-state index is -3.65. The number of carbonyl (C=O) groups excluding carboxylic acids is 1. The largest absolute Gasteiger partial charge is 0.440 e. The van der Waals surface area contributed by atoms with E-state index in [0.29, 0.717) is 12.2 Å². The average Bonchev–Trinajstić information content (AvgIpc) is 3.01. The summed E-state index contributed by atoms with van der Waals surface area (Å²) in [5, 5.41) is -0.196. The van der Waals surface area contributed by atoms with Crippen LogP contribution in [0, 0.1) is 5.92 Å². The van der Waals surface area contributed by atoms with Crippen LogP contribution in [-0.2, 0) is 10.0 Å². The first-order valence-electron chi connectivity index (χ1n) is 6.12. The van der Waals surface area contributed by atoms with Crippen molar-refractivity contribution in [2.24, 2.45) is 5.92 Å². The van der Waals surface area contributed by atoms with Gasteiger partial charge in [0.25, 0.3) is 10.0 Å². The van der Waals surface area contributed by atoms with Gasteiger partial charge in [-0.05, 0) is 30.9 Å². The van der Waals surface area contributed by atoms with Gasteiger partial charge in [-0.15, -0.1) is 0 Å². The van der Waals surface area contributed by atoms with Crippen LogP contribution in [0.15, 0.2) is 21.6 Å². The molecule has 0 amide bonds. The Morgan fingerprint density at radius 3 is 2.72 bits per heavy atom. The van der Waals surface area contributed by atoms with Crippen LogP contribution in [0.25, 0.3) is 0 Å². The third-order valence-corrected chi connectivity index (χ3v) is 4.51. The highest BCUT2D eigenvalue weighted by Crippen LogP contribution is 2.34. The van der Waals surface area contributed by atoms with Gasteiger partial charge in [-0.3, -0.25) is 4.79 Å². The Morgan fingerprint density at radius 1 is 1.50 bits per heavy atom. The summed E-state index contributed by atoms with van der Waals surface area (Å²) in [6.07, 6.45) is 4.48. The molecule has 6 heteroatoms. The molecule has 0 aliphatic heterocycles. The molecule has 1 aromatic rings. The lowest BCUT2D eigenvalue weighted by atomic mass is 10.1. The molecule has 18 heavy (non-hydrogen) atoms. The molecule has 0 radical (unpaired) electrons. The van der Waals surface area contributed by atoms with Gasteiger partial charge in [-0.1, -0.05) is 19.8 Å². The Kier molecular flexibility index (Phi) is 3.87. The Bertz CT molecular complexity index is 516. The van der Waals surface area contributed by atoms with Crippen molar-refractivity contribution >= 4 is 16.3 Å². The summed E-state index contributed by atoms with van der Waals surface area (Å²) in [5.41, 5.74) is 0. The van der Waals surface area contributed by atoms with Gasteiger partial charge in [0, 0.05) is 6.04 Å². The van der Waals surface area contributed by atoms with Gasteiger partial charge in [-0.25, -0.2) is 13.1 Å². The maximum atomic E-state index is 12.0. The molecule has 1 saturated carbocycles. The molecule has 0 saturated heterocycles. The van der Waals surface area contributed by atoms with E-state index in [-0.39, 0.29) is 16.9 Å². The third kappa shape index (κ3) is 3.20. The smallest absolute Gasteiger partial charge is 0.274 e. The lowest BCUT2D eigenvalue weighted by Crippen LogP contribution is -2.34. The molecule has 0 bridgehead atoms. The number of furan rings is 1. The van der Waals surface area contributed by atoms with E-state index in [1.807, 2.05) is 6.92 Å². The number of hydrogen-bond acceptors (Lipinski definition) is 4. The van der Waals surface area contributed by atoms with Gasteiger partial charge in [0.15, 0.2) is 12.0 Å². The van der Waals surface area contributed by atoms with Gasteiger partial charge in [0.2, 0.25) is 5.09 Å². The number of carbonyl (C=O) groups is 1. The fraction of sp³-hybridized carbons (Fsp3) is 0.583. The lowest BCUT2D eigenvalue weighted by Gasteiger charge is -2.15. The molecule has 1 aliphatic rings. The van der Waals surface area contributed by atoms with E-state index in [1.165, 1.54) is 25.0 Å². The van der Waals surface area contributed by atoms with Crippen LogP contribution in [0.3, 0.4) is 0 Å². The monoisotopic (exact) mass is 271 g/mol. The van der Waals surface area contributed by atoms with Crippen LogP contribution in [0.4, 0.5) is 0 Å². The molecule has 1 aromatic heterocycles. The van der Waals surface area contributed by atoms with Gasteiger partial charge in [0.1, 0.15) is 0 Å². The number of nitrogens with one attached hydrogen (secondary N) is 1. The highest BCUT2D eigenvalue weighted by Gasteiger charge is 2.28. The molecule has 1 aliphatic carbocycles. The van der Waals surface area contributed by atoms with Gasteiger partial charge >= 0.3 is 0 Å². The quantitative estimate of drug-likeness (QED) is 0.769. The van der Waals surface area contributed by atoms with E-state index in [4.69, 9.17) is 4.42 Å². The van der Waals surface area contributed by atoms with Crippen molar-refractivity contribution in [3.05, 3.63) is 17.9 Å². The average molecular weight is 271 g/mol. The molecule has 5 nitrogen and oxygen atoms in total. The molecular weight excluding hydrogens is 254 g/mol. The first-order chi connectivity index (χ1) is 8.55. The molecule has 0 spiro atoms. The van der Waals surface area contributed by atoms with E-state index in [1.54, 1.807) is 0 Å². The van der Waals surface area contributed by atoms with Crippen LogP contribution in [0.1, 0.15) is 43.2 Å². The number of sulfonamides is 1. The van der Waals surface area contributed by atoms with Crippen molar-refractivity contribution in [1.82, 2.24) is 4.72 Å². The van der Waals surface area contributed by atoms with Crippen molar-refractivity contribution < 1.29 is 17.6 Å². The summed E-state index contributed by atoms with van der Waals surface area (Å²) in [5.74, 6) is 0.672. The zero-order chi connectivity index (χ0) is 13.2. The topological polar surface area (TPSA) is 76.4 Å². The predicted molar refractivity (Wildman–Crippen MR) is 65.8 cm³/mol. The second kappa shape index (κ2) is 5.24. The number of rotatable bonds is 7. The zero-order valence-electron chi connectivity index (χ0n) is 10.3. The second-order valence-corrected chi connectivity index (χ2v) is 6.33. The fourth-order valence-corrected chi connectivity index (χ4v) is 3.14. The van der Waals surface area contributed by atoms with Crippen molar-refractivity contribution in [2.45, 2.75) is 43.7 Å². The zero-order valence-corrected chi connectivity index (χ0v) is 11.1. The summed E-state index contributed by atoms with van der Waals surface area (Å²) < 4.78 is 31.6. The van der Waals surface area contributed by atoms with E-state index in [9.17, 15) is 13.2 Å². The number of hydrogen-bond donors (Lipinski definition) is 1. The Balaban J connectivity index is 2.06. The molecule has 1 unspecified atom stereocenters. The molecular formula is C12H17NO4S. The molecule has 1 N–H and O–H groups in total. The third-order valence-electron chi connectivity index (χ3n) is 3.11. The van der Waals surface area contributed by atoms with Crippen molar-refractivity contribution in [3.63, 3.8) is 0 Å². The lowest BCUT2D eigenvalue weighted by molar-refractivity contribution is 0.109. The molecule has 100 valence electrons. The van der Waals surface area contributed by atoms with Crippen molar-refractivity contribution in [3.8, 4) is 0 Å². The Hall–Kier alpha value is -1.14. The maximum absolute atomic E-state index is 12.0. The minimum Gasteiger partial charge on any atom is -0.440 e. The summed E-state index contributed by atoms with van der Waals surface area (Å²) in [4.78, 5) is 10.5. The highest BCUT2D eigenvalue weighted by atomic mass is 32.2. The summed E-state index contributed by atoms with van der Waals surface area (Å²) >= 11 is 0. The van der Waals surface area contributed by atoms with Crippen LogP contribution in [-0.4, -0.2) is 20.7 Å². The first-order valence-corrected chi connectivity index (χ1v) is 7.61. The summed E-state index contributed by atoms with van der Waals surface area (Å²) in [6.45, 7) is 1.95. The minimum absolute atomic E-state index is 0.0191. The summed E-state index contributed by atoms with van der Waals surface area (Å²) in [7, 11) is -3.65. The first kappa shape index (κ1) is 13.3.